The largest absolute Gasteiger partial charge is 0.261 e. The molecule has 0 aliphatic carbocycles. The van der Waals surface area contributed by atoms with E-state index in [1.165, 1.54) is 6.26 Å². The van der Waals surface area contributed by atoms with E-state index in [1.54, 1.807) is 36.7 Å². The highest BCUT2D eigenvalue weighted by molar-refractivity contribution is 7.90. The van der Waals surface area contributed by atoms with Gasteiger partial charge in [-0.15, -0.1) is 0 Å². The predicted octanol–water partition coefficient (Wildman–Crippen LogP) is 4.72. The molecule has 0 radical (unpaired) electrons. The van der Waals surface area contributed by atoms with Gasteiger partial charge in [0.15, 0.2) is 15.5 Å². The van der Waals surface area contributed by atoms with Gasteiger partial charge >= 0.3 is 0 Å². The molecule has 5 nitrogen and oxygen atoms in total. The number of nitrogens with zero attached hydrogens (tertiary/aromatic N) is 3. The summed E-state index contributed by atoms with van der Waals surface area (Å²) in [6, 6.07) is 14.4. The molecular formula is C21H16ClN3O2S. The first-order valence-corrected chi connectivity index (χ1v) is 10.8. The molecule has 0 aliphatic rings. The van der Waals surface area contributed by atoms with Gasteiger partial charge in [-0.3, -0.25) is 4.98 Å². The first-order valence-electron chi connectivity index (χ1n) is 8.51. The number of benzene rings is 1. The Bertz CT molecular complexity index is 1290. The molecule has 28 heavy (non-hydrogen) atoms. The third-order valence-corrected chi connectivity index (χ3v) is 5.75. The van der Waals surface area contributed by atoms with E-state index in [1.807, 2.05) is 31.2 Å². The van der Waals surface area contributed by atoms with Crippen LogP contribution >= 0.6 is 11.6 Å². The summed E-state index contributed by atoms with van der Waals surface area (Å²) in [6.07, 6.45) is 4.53. The number of sulfone groups is 1. The fourth-order valence-corrected chi connectivity index (χ4v) is 3.76. The van der Waals surface area contributed by atoms with Gasteiger partial charge in [0.05, 0.1) is 15.6 Å². The average Bonchev–Trinajstić information content (AvgIpc) is 2.67. The number of fused-ring (bicyclic) bond motifs is 1. The number of hydrogen-bond donors (Lipinski definition) is 0. The molecular weight excluding hydrogens is 394 g/mol. The van der Waals surface area contributed by atoms with Crippen molar-refractivity contribution in [3.63, 3.8) is 0 Å². The summed E-state index contributed by atoms with van der Waals surface area (Å²) in [5.74, 6) is 0. The monoisotopic (exact) mass is 409 g/mol. The van der Waals surface area contributed by atoms with E-state index in [2.05, 4.69) is 9.97 Å². The van der Waals surface area contributed by atoms with Gasteiger partial charge in [-0.25, -0.2) is 18.4 Å². The van der Waals surface area contributed by atoms with Crippen LogP contribution in [0.25, 0.3) is 33.4 Å². The van der Waals surface area contributed by atoms with Gasteiger partial charge in [-0.1, -0.05) is 23.7 Å². The van der Waals surface area contributed by atoms with Gasteiger partial charge in [0.2, 0.25) is 0 Å². The molecule has 0 spiro atoms. The summed E-state index contributed by atoms with van der Waals surface area (Å²) in [6.45, 7) is 1.92. The zero-order valence-corrected chi connectivity index (χ0v) is 16.8. The van der Waals surface area contributed by atoms with Crippen molar-refractivity contribution in [2.45, 2.75) is 11.8 Å². The predicted molar refractivity (Wildman–Crippen MR) is 111 cm³/mol. The molecule has 0 saturated heterocycles. The molecule has 0 amide bonds. The quantitative estimate of drug-likeness (QED) is 0.489. The van der Waals surface area contributed by atoms with Crippen molar-refractivity contribution in [3.05, 3.63) is 71.6 Å². The molecule has 0 bridgehead atoms. The van der Waals surface area contributed by atoms with Crippen molar-refractivity contribution in [1.29, 1.82) is 0 Å². The van der Waals surface area contributed by atoms with Crippen LogP contribution in [0.2, 0.25) is 5.02 Å². The van der Waals surface area contributed by atoms with Gasteiger partial charge in [0.1, 0.15) is 0 Å². The average molecular weight is 410 g/mol. The van der Waals surface area contributed by atoms with E-state index in [-0.39, 0.29) is 4.90 Å². The van der Waals surface area contributed by atoms with Crippen molar-refractivity contribution in [2.75, 3.05) is 6.26 Å². The lowest BCUT2D eigenvalue weighted by atomic mass is 9.99. The van der Waals surface area contributed by atoms with Crippen molar-refractivity contribution < 1.29 is 8.42 Å². The fourth-order valence-electron chi connectivity index (χ4n) is 2.97. The molecule has 0 fully saturated rings. The molecule has 0 N–H and O–H groups in total. The Morgan fingerprint density at radius 1 is 0.893 bits per heavy atom. The molecule has 0 aliphatic heterocycles. The van der Waals surface area contributed by atoms with Crippen LogP contribution in [0.5, 0.6) is 0 Å². The van der Waals surface area contributed by atoms with Crippen LogP contribution in [0, 0.1) is 6.92 Å². The van der Waals surface area contributed by atoms with Crippen molar-refractivity contribution in [1.82, 2.24) is 15.0 Å². The third kappa shape index (κ3) is 3.61. The van der Waals surface area contributed by atoms with Crippen LogP contribution in [-0.2, 0) is 9.84 Å². The minimum absolute atomic E-state index is 0.272. The van der Waals surface area contributed by atoms with E-state index in [0.29, 0.717) is 10.7 Å². The number of rotatable bonds is 3. The molecule has 7 heteroatoms. The van der Waals surface area contributed by atoms with E-state index in [0.717, 1.165) is 33.5 Å². The maximum atomic E-state index is 11.8. The smallest absolute Gasteiger partial charge is 0.175 e. The van der Waals surface area contributed by atoms with Gasteiger partial charge in [-0.2, -0.15) is 0 Å². The number of aryl methyl sites for hydroxylation is 1. The lowest BCUT2D eigenvalue weighted by Crippen LogP contribution is -1.97. The van der Waals surface area contributed by atoms with Crippen LogP contribution in [0.3, 0.4) is 0 Å². The fraction of sp³-hybridized carbons (Fsp3) is 0.0952. The minimum atomic E-state index is -3.26. The Morgan fingerprint density at radius 2 is 1.61 bits per heavy atom. The van der Waals surface area contributed by atoms with Gasteiger partial charge in [0, 0.05) is 40.9 Å². The molecule has 0 atom stereocenters. The van der Waals surface area contributed by atoms with Crippen molar-refractivity contribution in [3.8, 4) is 22.4 Å². The summed E-state index contributed by atoms with van der Waals surface area (Å²) < 4.78 is 23.5. The summed E-state index contributed by atoms with van der Waals surface area (Å²) in [4.78, 5) is 13.7. The molecule has 140 valence electrons. The standard InChI is InChI=1S/C21H16ClN3O2S/c1-13-3-4-15(11-23-13)20-19(10-16-9-17(22)12-24-21(16)25-20)14-5-7-18(8-6-14)28(2,26)27/h3-12H,1-2H3. The Hall–Kier alpha value is -2.83. The first kappa shape index (κ1) is 18.5. The van der Waals surface area contributed by atoms with Crippen LogP contribution < -0.4 is 0 Å². The molecule has 3 aromatic heterocycles. The SMILES string of the molecule is Cc1ccc(-c2nc3ncc(Cl)cc3cc2-c2ccc(S(C)(=O)=O)cc2)cn1. The lowest BCUT2D eigenvalue weighted by Gasteiger charge is -2.12. The van der Waals surface area contributed by atoms with E-state index >= 15 is 0 Å². The van der Waals surface area contributed by atoms with E-state index in [4.69, 9.17) is 16.6 Å². The number of pyridine rings is 3. The zero-order chi connectivity index (χ0) is 19.9. The highest BCUT2D eigenvalue weighted by Gasteiger charge is 2.14. The maximum Gasteiger partial charge on any atom is 0.175 e. The minimum Gasteiger partial charge on any atom is -0.261 e. The first-order chi connectivity index (χ1) is 13.3. The number of hydrogen-bond acceptors (Lipinski definition) is 5. The highest BCUT2D eigenvalue weighted by Crippen LogP contribution is 2.33. The third-order valence-electron chi connectivity index (χ3n) is 4.41. The summed E-state index contributed by atoms with van der Waals surface area (Å²) in [7, 11) is -3.26. The van der Waals surface area contributed by atoms with Crippen molar-refractivity contribution >= 4 is 32.5 Å². The maximum absolute atomic E-state index is 11.8. The Kier molecular flexibility index (Phi) is 4.61. The van der Waals surface area contributed by atoms with Crippen LogP contribution in [0.15, 0.2) is 65.8 Å². The second-order valence-electron chi connectivity index (χ2n) is 6.57. The molecule has 4 rings (SSSR count). The van der Waals surface area contributed by atoms with Gasteiger partial charge in [0.25, 0.3) is 0 Å². The van der Waals surface area contributed by atoms with E-state index < -0.39 is 9.84 Å². The number of aromatic nitrogens is 3. The van der Waals surface area contributed by atoms with Crippen molar-refractivity contribution in [2.24, 2.45) is 0 Å². The molecule has 1 aromatic carbocycles. The van der Waals surface area contributed by atoms with Crippen LogP contribution in [-0.4, -0.2) is 29.6 Å². The zero-order valence-electron chi connectivity index (χ0n) is 15.2. The Morgan fingerprint density at radius 3 is 2.25 bits per heavy atom. The summed E-state index contributed by atoms with van der Waals surface area (Å²) in [5.41, 5.74) is 4.76. The summed E-state index contributed by atoms with van der Waals surface area (Å²) >= 11 is 6.10. The highest BCUT2D eigenvalue weighted by atomic mass is 35.5. The van der Waals surface area contributed by atoms with Crippen LogP contribution in [0.1, 0.15) is 5.69 Å². The summed E-state index contributed by atoms with van der Waals surface area (Å²) in [5, 5.41) is 1.33. The normalized spacial score (nSPS) is 11.7. The Labute approximate surface area is 168 Å². The van der Waals surface area contributed by atoms with Crippen LogP contribution in [0.4, 0.5) is 0 Å². The van der Waals surface area contributed by atoms with E-state index in [9.17, 15) is 8.42 Å². The van der Waals surface area contributed by atoms with Gasteiger partial charge < -0.3 is 0 Å². The van der Waals surface area contributed by atoms with Gasteiger partial charge in [-0.05, 0) is 48.9 Å². The molecule has 4 aromatic rings. The topological polar surface area (TPSA) is 72.8 Å². The number of halogens is 1. The molecule has 0 saturated carbocycles. The Balaban J connectivity index is 1.96. The second-order valence-corrected chi connectivity index (χ2v) is 9.02. The molecule has 0 unspecified atom stereocenters. The molecule has 3 heterocycles. The lowest BCUT2D eigenvalue weighted by molar-refractivity contribution is 0.602. The second kappa shape index (κ2) is 6.96.